The van der Waals surface area contributed by atoms with Crippen LogP contribution in [0.5, 0.6) is 5.75 Å². The van der Waals surface area contributed by atoms with Crippen molar-refractivity contribution in [2.75, 3.05) is 39.3 Å². The topological polar surface area (TPSA) is 53.6 Å². The second-order valence-electron chi connectivity index (χ2n) is 6.72. The Kier molecular flexibility index (Phi) is 6.03. The molecule has 1 saturated heterocycles. The molecule has 0 saturated carbocycles. The van der Waals surface area contributed by atoms with Crippen LogP contribution >= 0.6 is 0 Å². The summed E-state index contributed by atoms with van der Waals surface area (Å²) < 4.78 is 45.7. The highest BCUT2D eigenvalue weighted by atomic mass is 19.4. The van der Waals surface area contributed by atoms with E-state index in [1.54, 1.807) is 0 Å². The van der Waals surface area contributed by atoms with E-state index < -0.39 is 18.8 Å². The van der Waals surface area contributed by atoms with Gasteiger partial charge < -0.3 is 15.4 Å². The number of halogens is 3. The molecule has 0 spiro atoms. The van der Waals surface area contributed by atoms with Crippen LogP contribution in [0.15, 0.2) is 24.3 Å². The standard InChI is InChI=1S/C18H24F3N3O2/c19-18(20,21)16(24-8-6-22-7-9-24)12-23-17(25)11-13-5-10-26-15-4-2-1-3-14(13)15/h1-4,13,16,22H,5-12H2,(H,23,25). The quantitative estimate of drug-likeness (QED) is 0.830. The Balaban J connectivity index is 1.57. The molecular weight excluding hydrogens is 347 g/mol. The van der Waals surface area contributed by atoms with Gasteiger partial charge in [0, 0.05) is 39.1 Å². The number of rotatable bonds is 5. The number of alkyl halides is 3. The van der Waals surface area contributed by atoms with Gasteiger partial charge in [-0.1, -0.05) is 18.2 Å². The zero-order valence-electron chi connectivity index (χ0n) is 14.5. The Hall–Kier alpha value is -1.80. The molecule has 2 aliphatic heterocycles. The SMILES string of the molecule is O=C(CC1CCOc2ccccc21)NCC(N1CCNCC1)C(F)(F)F. The maximum absolute atomic E-state index is 13.4. The highest BCUT2D eigenvalue weighted by Crippen LogP contribution is 2.35. The van der Waals surface area contributed by atoms with E-state index in [2.05, 4.69) is 10.6 Å². The number of piperazine rings is 1. The van der Waals surface area contributed by atoms with E-state index in [1.807, 2.05) is 24.3 Å². The highest BCUT2D eigenvalue weighted by molar-refractivity contribution is 5.77. The van der Waals surface area contributed by atoms with Crippen molar-refractivity contribution in [2.24, 2.45) is 0 Å². The van der Waals surface area contributed by atoms with Crippen LogP contribution in [0.4, 0.5) is 13.2 Å². The van der Waals surface area contributed by atoms with Crippen molar-refractivity contribution in [1.29, 1.82) is 0 Å². The summed E-state index contributed by atoms with van der Waals surface area (Å²) >= 11 is 0. The smallest absolute Gasteiger partial charge is 0.405 e. The van der Waals surface area contributed by atoms with Gasteiger partial charge in [-0.15, -0.1) is 0 Å². The molecule has 2 heterocycles. The van der Waals surface area contributed by atoms with Gasteiger partial charge in [-0.05, 0) is 24.0 Å². The minimum absolute atomic E-state index is 0.0246. The first kappa shape index (κ1) is 19.0. The molecule has 2 atom stereocenters. The number of nitrogens with zero attached hydrogens (tertiary/aromatic N) is 1. The van der Waals surface area contributed by atoms with Gasteiger partial charge in [-0.25, -0.2) is 0 Å². The van der Waals surface area contributed by atoms with E-state index in [0.29, 0.717) is 39.2 Å². The summed E-state index contributed by atoms with van der Waals surface area (Å²) in [5.74, 6) is 0.380. The first-order chi connectivity index (χ1) is 12.4. The second-order valence-corrected chi connectivity index (χ2v) is 6.72. The summed E-state index contributed by atoms with van der Waals surface area (Å²) in [4.78, 5) is 13.7. The zero-order chi connectivity index (χ0) is 18.6. The van der Waals surface area contributed by atoms with Crippen LogP contribution in [0.3, 0.4) is 0 Å². The van der Waals surface area contributed by atoms with Gasteiger partial charge in [-0.2, -0.15) is 13.2 Å². The molecule has 8 heteroatoms. The molecule has 0 aromatic heterocycles. The van der Waals surface area contributed by atoms with Gasteiger partial charge in [0.2, 0.25) is 5.91 Å². The normalized spacial score (nSPS) is 22.2. The molecular formula is C18H24F3N3O2. The number of amides is 1. The first-order valence-corrected chi connectivity index (χ1v) is 8.95. The lowest BCUT2D eigenvalue weighted by Crippen LogP contribution is -2.57. The van der Waals surface area contributed by atoms with Crippen molar-refractivity contribution in [3.05, 3.63) is 29.8 Å². The van der Waals surface area contributed by atoms with Gasteiger partial charge in [0.1, 0.15) is 11.8 Å². The molecule has 1 aromatic carbocycles. The number of para-hydroxylation sites is 1. The summed E-state index contributed by atoms with van der Waals surface area (Å²) in [6.07, 6.45) is -3.51. The maximum atomic E-state index is 13.4. The van der Waals surface area contributed by atoms with E-state index in [4.69, 9.17) is 4.74 Å². The summed E-state index contributed by atoms with van der Waals surface area (Å²) in [6.45, 7) is 1.81. The van der Waals surface area contributed by atoms with Crippen molar-refractivity contribution in [3.8, 4) is 5.75 Å². The lowest BCUT2D eigenvalue weighted by molar-refractivity contribution is -0.184. The predicted octanol–water partition coefficient (Wildman–Crippen LogP) is 1.90. The van der Waals surface area contributed by atoms with E-state index in [0.717, 1.165) is 11.3 Å². The third-order valence-corrected chi connectivity index (χ3v) is 4.98. The lowest BCUT2D eigenvalue weighted by Gasteiger charge is -2.36. The minimum Gasteiger partial charge on any atom is -0.493 e. The van der Waals surface area contributed by atoms with Crippen LogP contribution in [0, 0.1) is 0 Å². The molecule has 2 aliphatic rings. The van der Waals surface area contributed by atoms with Crippen LogP contribution in [-0.4, -0.2) is 62.4 Å². The number of ether oxygens (including phenoxy) is 1. The summed E-state index contributed by atoms with van der Waals surface area (Å²) in [5, 5.41) is 5.54. The van der Waals surface area contributed by atoms with Crippen LogP contribution < -0.4 is 15.4 Å². The van der Waals surface area contributed by atoms with Crippen molar-refractivity contribution in [1.82, 2.24) is 15.5 Å². The molecule has 0 bridgehead atoms. The number of nitrogens with one attached hydrogen (secondary N) is 2. The average molecular weight is 371 g/mol. The fraction of sp³-hybridized carbons (Fsp3) is 0.611. The average Bonchev–Trinajstić information content (AvgIpc) is 2.62. The Labute approximate surface area is 150 Å². The number of hydrogen-bond acceptors (Lipinski definition) is 4. The van der Waals surface area contributed by atoms with E-state index in [1.165, 1.54) is 4.90 Å². The van der Waals surface area contributed by atoms with Gasteiger partial charge in [-0.3, -0.25) is 9.69 Å². The van der Waals surface area contributed by atoms with Crippen molar-refractivity contribution in [3.63, 3.8) is 0 Å². The van der Waals surface area contributed by atoms with Gasteiger partial charge in [0.05, 0.1) is 6.61 Å². The van der Waals surface area contributed by atoms with Gasteiger partial charge in [0.25, 0.3) is 0 Å². The number of carbonyl (C=O) groups excluding carboxylic acids is 1. The first-order valence-electron chi connectivity index (χ1n) is 8.95. The molecule has 26 heavy (non-hydrogen) atoms. The predicted molar refractivity (Wildman–Crippen MR) is 91.2 cm³/mol. The monoisotopic (exact) mass is 371 g/mol. The molecule has 0 aliphatic carbocycles. The fourth-order valence-corrected chi connectivity index (χ4v) is 3.58. The zero-order valence-corrected chi connectivity index (χ0v) is 14.5. The molecule has 3 rings (SSSR count). The van der Waals surface area contributed by atoms with E-state index >= 15 is 0 Å². The van der Waals surface area contributed by atoms with E-state index in [-0.39, 0.29) is 18.2 Å². The van der Waals surface area contributed by atoms with Gasteiger partial charge in [0.15, 0.2) is 0 Å². The summed E-state index contributed by atoms with van der Waals surface area (Å²) in [7, 11) is 0. The molecule has 1 amide bonds. The highest BCUT2D eigenvalue weighted by Gasteiger charge is 2.43. The molecule has 2 unspecified atom stereocenters. The van der Waals surface area contributed by atoms with Crippen LogP contribution in [0.2, 0.25) is 0 Å². The fourth-order valence-electron chi connectivity index (χ4n) is 3.58. The minimum atomic E-state index is -4.37. The Morgan fingerprint density at radius 3 is 2.77 bits per heavy atom. The third kappa shape index (κ3) is 4.67. The molecule has 0 radical (unpaired) electrons. The van der Waals surface area contributed by atoms with Crippen molar-refractivity contribution >= 4 is 5.91 Å². The summed E-state index contributed by atoms with van der Waals surface area (Å²) in [6, 6.07) is 5.86. The van der Waals surface area contributed by atoms with Crippen LogP contribution in [-0.2, 0) is 4.79 Å². The van der Waals surface area contributed by atoms with E-state index in [9.17, 15) is 18.0 Å². The molecule has 5 nitrogen and oxygen atoms in total. The number of hydrogen-bond donors (Lipinski definition) is 2. The Morgan fingerprint density at radius 1 is 1.31 bits per heavy atom. The van der Waals surface area contributed by atoms with Crippen LogP contribution in [0.25, 0.3) is 0 Å². The summed E-state index contributed by atoms with van der Waals surface area (Å²) in [5.41, 5.74) is 0.948. The number of carbonyl (C=O) groups is 1. The number of benzene rings is 1. The van der Waals surface area contributed by atoms with Crippen molar-refractivity contribution in [2.45, 2.75) is 31.0 Å². The molecule has 1 fully saturated rings. The Bertz CT molecular complexity index is 618. The molecule has 144 valence electrons. The maximum Gasteiger partial charge on any atom is 0.405 e. The second kappa shape index (κ2) is 8.26. The third-order valence-electron chi connectivity index (χ3n) is 4.98. The largest absolute Gasteiger partial charge is 0.493 e. The van der Waals surface area contributed by atoms with Crippen molar-refractivity contribution < 1.29 is 22.7 Å². The molecule has 2 N–H and O–H groups in total. The number of fused-ring (bicyclic) bond motifs is 1. The van der Waals surface area contributed by atoms with Gasteiger partial charge >= 0.3 is 6.18 Å². The Morgan fingerprint density at radius 2 is 2.04 bits per heavy atom. The molecule has 1 aromatic rings. The van der Waals surface area contributed by atoms with Crippen LogP contribution in [0.1, 0.15) is 24.3 Å². The lowest BCUT2D eigenvalue weighted by atomic mass is 9.90.